The SMILES string of the molecule is Cn1c(=O)[nH]c2cc(C(=O)O)cc(-c3ccc(C(F)(F)F)cc3O)c21. The van der Waals surface area contributed by atoms with Crippen LogP contribution in [-0.4, -0.2) is 25.7 Å². The number of imidazole rings is 1. The van der Waals surface area contributed by atoms with Crippen LogP contribution in [0.2, 0.25) is 0 Å². The minimum Gasteiger partial charge on any atom is -0.507 e. The first-order chi connectivity index (χ1) is 11.6. The Kier molecular flexibility index (Phi) is 3.59. The minimum absolute atomic E-state index is 0.0179. The summed E-state index contributed by atoms with van der Waals surface area (Å²) >= 11 is 0. The molecule has 25 heavy (non-hydrogen) atoms. The second kappa shape index (κ2) is 5.40. The molecule has 0 aliphatic heterocycles. The molecular formula is C16H11F3N2O4. The number of halogens is 3. The summed E-state index contributed by atoms with van der Waals surface area (Å²) in [5.41, 5.74) is -1.17. The molecule has 0 saturated carbocycles. The number of alkyl halides is 3. The Balaban J connectivity index is 2.35. The highest BCUT2D eigenvalue weighted by Crippen LogP contribution is 2.38. The monoisotopic (exact) mass is 352 g/mol. The van der Waals surface area contributed by atoms with Gasteiger partial charge in [0, 0.05) is 18.2 Å². The molecule has 0 amide bonds. The second-order valence-corrected chi connectivity index (χ2v) is 5.44. The van der Waals surface area contributed by atoms with Crippen molar-refractivity contribution >= 4 is 17.0 Å². The molecule has 0 unspecified atom stereocenters. The van der Waals surface area contributed by atoms with Crippen LogP contribution in [0.4, 0.5) is 13.2 Å². The molecule has 3 rings (SSSR count). The van der Waals surface area contributed by atoms with E-state index >= 15 is 0 Å². The zero-order valence-electron chi connectivity index (χ0n) is 12.7. The predicted octanol–water partition coefficient (Wildman–Crippen LogP) is 2.96. The van der Waals surface area contributed by atoms with Crippen LogP contribution in [-0.2, 0) is 13.2 Å². The average molecular weight is 352 g/mol. The Morgan fingerprint density at radius 1 is 1.16 bits per heavy atom. The van der Waals surface area contributed by atoms with E-state index in [1.807, 2.05) is 0 Å². The van der Waals surface area contributed by atoms with Gasteiger partial charge in [-0.1, -0.05) is 0 Å². The van der Waals surface area contributed by atoms with Crippen LogP contribution in [0.1, 0.15) is 15.9 Å². The van der Waals surface area contributed by atoms with Crippen molar-refractivity contribution in [2.24, 2.45) is 7.05 Å². The van der Waals surface area contributed by atoms with E-state index in [4.69, 9.17) is 0 Å². The van der Waals surface area contributed by atoms with Crippen molar-refractivity contribution in [3.05, 3.63) is 51.9 Å². The number of carboxylic acids is 1. The molecule has 1 heterocycles. The van der Waals surface area contributed by atoms with Gasteiger partial charge in [-0.2, -0.15) is 13.2 Å². The topological polar surface area (TPSA) is 95.3 Å². The maximum Gasteiger partial charge on any atom is 0.416 e. The van der Waals surface area contributed by atoms with Crippen molar-refractivity contribution in [1.29, 1.82) is 0 Å². The number of aromatic nitrogens is 2. The number of hydrogen-bond acceptors (Lipinski definition) is 3. The first kappa shape index (κ1) is 16.6. The number of aryl methyl sites for hydroxylation is 1. The van der Waals surface area contributed by atoms with Gasteiger partial charge in [-0.15, -0.1) is 0 Å². The maximum absolute atomic E-state index is 12.8. The van der Waals surface area contributed by atoms with Crippen molar-refractivity contribution in [3.8, 4) is 16.9 Å². The van der Waals surface area contributed by atoms with Crippen molar-refractivity contribution in [1.82, 2.24) is 9.55 Å². The van der Waals surface area contributed by atoms with Gasteiger partial charge in [0.2, 0.25) is 0 Å². The minimum atomic E-state index is -4.63. The lowest BCUT2D eigenvalue weighted by molar-refractivity contribution is -0.137. The zero-order chi connectivity index (χ0) is 18.5. The Hall–Kier alpha value is -3.23. The molecule has 0 radical (unpaired) electrons. The average Bonchev–Trinajstić information content (AvgIpc) is 2.80. The first-order valence-corrected chi connectivity index (χ1v) is 6.96. The van der Waals surface area contributed by atoms with Gasteiger partial charge < -0.3 is 15.2 Å². The van der Waals surface area contributed by atoms with Crippen molar-refractivity contribution in [2.75, 3.05) is 0 Å². The van der Waals surface area contributed by atoms with E-state index in [1.165, 1.54) is 23.7 Å². The Bertz CT molecular complexity index is 1060. The number of carboxylic acid groups (broad SMARTS) is 1. The smallest absolute Gasteiger partial charge is 0.416 e. The van der Waals surface area contributed by atoms with Gasteiger partial charge in [0.1, 0.15) is 5.75 Å². The summed E-state index contributed by atoms with van der Waals surface area (Å²) in [6.45, 7) is 0. The molecule has 2 aromatic carbocycles. The third-order valence-electron chi connectivity index (χ3n) is 3.85. The van der Waals surface area contributed by atoms with Crippen molar-refractivity contribution in [3.63, 3.8) is 0 Å². The van der Waals surface area contributed by atoms with Crippen molar-refractivity contribution in [2.45, 2.75) is 6.18 Å². The number of carbonyl (C=O) groups is 1. The van der Waals surface area contributed by atoms with Gasteiger partial charge in [0.15, 0.2) is 0 Å². The number of phenolic OH excluding ortho intramolecular Hbond substituents is 1. The molecular weight excluding hydrogens is 341 g/mol. The predicted molar refractivity (Wildman–Crippen MR) is 82.6 cm³/mol. The van der Waals surface area contributed by atoms with E-state index in [9.17, 15) is 33.0 Å². The third kappa shape index (κ3) is 2.73. The lowest BCUT2D eigenvalue weighted by Gasteiger charge is -2.12. The molecule has 0 aliphatic rings. The fourth-order valence-electron chi connectivity index (χ4n) is 2.66. The number of aromatic carboxylic acids is 1. The maximum atomic E-state index is 12.8. The van der Waals surface area contributed by atoms with Crippen molar-refractivity contribution < 1.29 is 28.2 Å². The Morgan fingerprint density at radius 2 is 1.84 bits per heavy atom. The summed E-state index contributed by atoms with van der Waals surface area (Å²) in [5, 5.41) is 19.3. The highest BCUT2D eigenvalue weighted by molar-refractivity contribution is 6.00. The molecule has 9 heteroatoms. The number of nitrogens with zero attached hydrogens (tertiary/aromatic N) is 1. The molecule has 0 spiro atoms. The Labute approximate surface area is 137 Å². The summed E-state index contributed by atoms with van der Waals surface area (Å²) < 4.78 is 39.4. The molecule has 0 saturated heterocycles. The Morgan fingerprint density at radius 3 is 2.40 bits per heavy atom. The van der Waals surface area contributed by atoms with Crippen LogP contribution in [0.25, 0.3) is 22.2 Å². The van der Waals surface area contributed by atoms with Crippen LogP contribution in [0.3, 0.4) is 0 Å². The number of fused-ring (bicyclic) bond motifs is 1. The molecule has 0 fully saturated rings. The van der Waals surface area contributed by atoms with Crippen LogP contribution in [0, 0.1) is 0 Å². The fraction of sp³-hybridized carbons (Fsp3) is 0.125. The van der Waals surface area contributed by atoms with E-state index in [1.54, 1.807) is 0 Å². The molecule has 3 aromatic rings. The molecule has 0 atom stereocenters. The van der Waals surface area contributed by atoms with Crippen LogP contribution >= 0.6 is 0 Å². The number of benzene rings is 2. The molecule has 1 aromatic heterocycles. The van der Waals surface area contributed by atoms with E-state index in [0.717, 1.165) is 12.1 Å². The largest absolute Gasteiger partial charge is 0.507 e. The standard InChI is InChI=1S/C16H11F3N2O4/c1-21-13-10(4-7(14(23)24)5-11(13)20-15(21)25)9-3-2-8(6-12(9)22)16(17,18)19/h2-6,22H,1H3,(H,20,25)(H,23,24). The zero-order valence-corrected chi connectivity index (χ0v) is 12.7. The first-order valence-electron chi connectivity index (χ1n) is 6.96. The lowest BCUT2D eigenvalue weighted by atomic mass is 9.98. The number of nitrogens with one attached hydrogen (secondary N) is 1. The van der Waals surface area contributed by atoms with Gasteiger partial charge in [-0.05, 0) is 30.3 Å². The molecule has 130 valence electrons. The number of rotatable bonds is 2. The van der Waals surface area contributed by atoms with E-state index < -0.39 is 29.1 Å². The number of aromatic amines is 1. The summed E-state index contributed by atoms with van der Waals surface area (Å²) in [7, 11) is 1.42. The summed E-state index contributed by atoms with van der Waals surface area (Å²) in [6.07, 6.45) is -4.63. The van der Waals surface area contributed by atoms with E-state index in [2.05, 4.69) is 4.98 Å². The fourth-order valence-corrected chi connectivity index (χ4v) is 2.66. The van der Waals surface area contributed by atoms with Gasteiger partial charge in [-0.3, -0.25) is 4.57 Å². The number of aromatic hydroxyl groups is 1. The summed E-state index contributed by atoms with van der Waals surface area (Å²) in [6, 6.07) is 4.80. The van der Waals surface area contributed by atoms with E-state index in [-0.39, 0.29) is 27.7 Å². The van der Waals surface area contributed by atoms with Gasteiger partial charge in [0.25, 0.3) is 0 Å². The lowest BCUT2D eigenvalue weighted by Crippen LogP contribution is -2.12. The number of H-pyrrole nitrogens is 1. The van der Waals surface area contributed by atoms with Gasteiger partial charge >= 0.3 is 17.8 Å². The van der Waals surface area contributed by atoms with Gasteiger partial charge in [-0.25, -0.2) is 9.59 Å². The normalized spacial score (nSPS) is 11.8. The second-order valence-electron chi connectivity index (χ2n) is 5.44. The molecule has 0 bridgehead atoms. The van der Waals surface area contributed by atoms with Crippen LogP contribution in [0.5, 0.6) is 5.75 Å². The van der Waals surface area contributed by atoms with Gasteiger partial charge in [0.05, 0.1) is 22.2 Å². The highest BCUT2D eigenvalue weighted by atomic mass is 19.4. The number of phenols is 1. The summed E-state index contributed by atoms with van der Waals surface area (Å²) in [5.74, 6) is -1.95. The van der Waals surface area contributed by atoms with E-state index in [0.29, 0.717) is 6.07 Å². The molecule has 3 N–H and O–H groups in total. The third-order valence-corrected chi connectivity index (χ3v) is 3.85. The summed E-state index contributed by atoms with van der Waals surface area (Å²) in [4.78, 5) is 25.6. The van der Waals surface area contributed by atoms with Crippen LogP contribution in [0.15, 0.2) is 35.1 Å². The highest BCUT2D eigenvalue weighted by Gasteiger charge is 2.31. The molecule has 6 nitrogen and oxygen atoms in total. The molecule has 0 aliphatic carbocycles. The quantitative estimate of drug-likeness (QED) is 0.661. The van der Waals surface area contributed by atoms with Crippen LogP contribution < -0.4 is 5.69 Å². The number of hydrogen-bond donors (Lipinski definition) is 3.